The number of ether oxygens (including phenoxy) is 1. The molecule has 4 heteroatoms. The van der Waals surface area contributed by atoms with Crippen LogP contribution < -0.4 is 4.74 Å². The molecule has 0 atom stereocenters. The molecule has 2 aromatic rings. The van der Waals surface area contributed by atoms with E-state index in [0.29, 0.717) is 12.2 Å². The number of aryl methyl sites for hydroxylation is 1. The summed E-state index contributed by atoms with van der Waals surface area (Å²) in [6, 6.07) is 13.8. The lowest BCUT2D eigenvalue weighted by molar-refractivity contribution is 0.303. The van der Waals surface area contributed by atoms with Crippen LogP contribution in [0.5, 0.6) is 5.75 Å². The van der Waals surface area contributed by atoms with Crippen molar-refractivity contribution < 1.29 is 9.53 Å². The number of hydrogen-bond acceptors (Lipinski definition) is 2. The predicted octanol–water partition coefficient (Wildman–Crippen LogP) is 5.07. The third-order valence-corrected chi connectivity index (χ3v) is 4.24. The van der Waals surface area contributed by atoms with Gasteiger partial charge >= 0.3 is 0 Å². The van der Waals surface area contributed by atoms with Crippen molar-refractivity contribution in [2.75, 3.05) is 6.61 Å². The first kappa shape index (κ1) is 16.2. The summed E-state index contributed by atoms with van der Waals surface area (Å²) in [4.78, 5) is 10.6. The minimum absolute atomic E-state index is 0.491. The Morgan fingerprint density at radius 3 is 2.29 bits per heavy atom. The van der Waals surface area contributed by atoms with Gasteiger partial charge in [0.25, 0.3) is 0 Å². The Morgan fingerprint density at radius 1 is 1.00 bits per heavy atom. The Bertz CT molecular complexity index is 574. The van der Waals surface area contributed by atoms with E-state index in [1.807, 2.05) is 12.4 Å². The van der Waals surface area contributed by atoms with E-state index >= 15 is 0 Å². The first-order valence-electron chi connectivity index (χ1n) is 6.74. The van der Waals surface area contributed by atoms with Crippen LogP contribution in [-0.2, 0) is 11.2 Å². The van der Waals surface area contributed by atoms with E-state index in [4.69, 9.17) is 4.74 Å². The second-order valence-electron chi connectivity index (χ2n) is 4.66. The van der Waals surface area contributed by atoms with E-state index < -0.39 is 0 Å². The normalized spacial score (nSPS) is 10.4. The number of hydrogen-bond donors (Lipinski definition) is 0. The van der Waals surface area contributed by atoms with Gasteiger partial charge in [-0.15, -0.1) is 0 Å². The molecule has 0 amide bonds. The highest BCUT2D eigenvalue weighted by Crippen LogP contribution is 2.34. The molecule has 109 valence electrons. The zero-order chi connectivity index (χ0) is 15.1. The molecule has 0 aliphatic heterocycles. The zero-order valence-electron chi connectivity index (χ0n) is 11.4. The van der Waals surface area contributed by atoms with Gasteiger partial charge in [0.05, 0.1) is 15.6 Å². The molecule has 0 aromatic heterocycles. The summed E-state index contributed by atoms with van der Waals surface area (Å²) in [5.74, 6) is 0.730. The molecule has 0 unspecified atom stereocenters. The fourth-order valence-corrected chi connectivity index (χ4v) is 3.42. The van der Waals surface area contributed by atoms with Gasteiger partial charge in [-0.2, -0.15) is 0 Å². The second kappa shape index (κ2) is 8.35. The van der Waals surface area contributed by atoms with Crippen LogP contribution in [0.2, 0.25) is 0 Å². The molecule has 2 nitrogen and oxygen atoms in total. The Morgan fingerprint density at radius 2 is 1.67 bits per heavy atom. The van der Waals surface area contributed by atoms with Gasteiger partial charge in [-0.25, -0.2) is 0 Å². The maximum Gasteiger partial charge on any atom is 0.233 e. The Balaban J connectivity index is 1.80. The van der Waals surface area contributed by atoms with E-state index in [1.165, 1.54) is 5.56 Å². The first-order chi connectivity index (χ1) is 10.2. The molecule has 0 spiro atoms. The fourth-order valence-electron chi connectivity index (χ4n) is 2.01. The predicted molar refractivity (Wildman–Crippen MR) is 91.5 cm³/mol. The van der Waals surface area contributed by atoms with Crippen molar-refractivity contribution in [3.8, 4) is 5.75 Å². The lowest BCUT2D eigenvalue weighted by Gasteiger charge is -2.10. The first-order valence-corrected chi connectivity index (χ1v) is 8.33. The van der Waals surface area contributed by atoms with E-state index in [-0.39, 0.29) is 0 Å². The summed E-state index contributed by atoms with van der Waals surface area (Å²) >= 11 is 6.82. The van der Waals surface area contributed by atoms with Gasteiger partial charge in [0.15, 0.2) is 0 Å². The van der Waals surface area contributed by atoms with Gasteiger partial charge in [-0.05, 0) is 68.8 Å². The topological polar surface area (TPSA) is 26.3 Å². The number of unbranched alkanes of at least 4 members (excludes halogenated alkanes) is 1. The average Bonchev–Trinajstić information content (AvgIpc) is 2.50. The van der Waals surface area contributed by atoms with Crippen molar-refractivity contribution in [2.45, 2.75) is 19.3 Å². The van der Waals surface area contributed by atoms with Gasteiger partial charge in [0, 0.05) is 5.56 Å². The molecule has 1 radical (unpaired) electrons. The Hall–Kier alpha value is -1.13. The van der Waals surface area contributed by atoms with Crippen molar-refractivity contribution in [1.29, 1.82) is 0 Å². The minimum atomic E-state index is 0.491. The van der Waals surface area contributed by atoms with Crippen LogP contribution in [0.15, 0.2) is 51.4 Å². The molecule has 0 heterocycles. The average molecular weight is 411 g/mol. The molecular formula is C17H15Br2O2. The highest BCUT2D eigenvalue weighted by atomic mass is 79.9. The third kappa shape index (κ3) is 4.97. The van der Waals surface area contributed by atoms with Crippen LogP contribution >= 0.6 is 31.9 Å². The van der Waals surface area contributed by atoms with Gasteiger partial charge < -0.3 is 4.74 Å². The molecule has 0 fully saturated rings. The molecule has 21 heavy (non-hydrogen) atoms. The van der Waals surface area contributed by atoms with Crippen LogP contribution in [0.3, 0.4) is 0 Å². The van der Waals surface area contributed by atoms with Gasteiger partial charge in [-0.1, -0.05) is 30.3 Å². The van der Waals surface area contributed by atoms with Crippen LogP contribution in [0.1, 0.15) is 24.0 Å². The van der Waals surface area contributed by atoms with Crippen LogP contribution in [0.4, 0.5) is 0 Å². The molecular weight excluding hydrogens is 396 g/mol. The summed E-state index contributed by atoms with van der Waals surface area (Å²) in [6.07, 6.45) is 4.99. The Labute approximate surface area is 141 Å². The van der Waals surface area contributed by atoms with Crippen molar-refractivity contribution >= 4 is 38.1 Å². The molecule has 2 rings (SSSR count). The molecule has 0 aliphatic carbocycles. The molecule has 0 N–H and O–H groups in total. The second-order valence-corrected chi connectivity index (χ2v) is 6.37. The molecule has 0 saturated heterocycles. The van der Waals surface area contributed by atoms with Crippen molar-refractivity contribution in [3.05, 3.63) is 62.5 Å². The molecule has 0 saturated carbocycles. The SMILES string of the molecule is O=[C]c1cc(Br)c(OCCCCc2ccccc2)c(Br)c1. The molecule has 0 bridgehead atoms. The van der Waals surface area contributed by atoms with Gasteiger partial charge in [0.1, 0.15) is 5.75 Å². The van der Waals surface area contributed by atoms with Gasteiger partial charge in [0.2, 0.25) is 6.29 Å². The number of benzene rings is 2. The lowest BCUT2D eigenvalue weighted by Crippen LogP contribution is -2.00. The van der Waals surface area contributed by atoms with Crippen LogP contribution in [0.25, 0.3) is 0 Å². The quantitative estimate of drug-likeness (QED) is 0.595. The van der Waals surface area contributed by atoms with Crippen LogP contribution in [0, 0.1) is 0 Å². The summed E-state index contributed by atoms with van der Waals surface area (Å²) in [5, 5.41) is 0. The fraction of sp³-hybridized carbons (Fsp3) is 0.235. The van der Waals surface area contributed by atoms with E-state index in [9.17, 15) is 4.79 Å². The highest BCUT2D eigenvalue weighted by Gasteiger charge is 2.09. The summed E-state index contributed by atoms with van der Waals surface area (Å²) in [5.41, 5.74) is 1.84. The molecule has 2 aromatic carbocycles. The van der Waals surface area contributed by atoms with Crippen LogP contribution in [-0.4, -0.2) is 12.9 Å². The van der Waals surface area contributed by atoms with E-state index in [2.05, 4.69) is 56.1 Å². The third-order valence-electron chi connectivity index (χ3n) is 3.07. The minimum Gasteiger partial charge on any atom is -0.491 e. The Kier molecular flexibility index (Phi) is 6.46. The van der Waals surface area contributed by atoms with E-state index in [1.54, 1.807) is 12.1 Å². The van der Waals surface area contributed by atoms with Crippen molar-refractivity contribution in [3.63, 3.8) is 0 Å². The number of halogens is 2. The zero-order valence-corrected chi connectivity index (χ0v) is 14.6. The standard InChI is InChI=1S/C17H15Br2O2/c18-15-10-14(12-20)11-16(19)17(15)21-9-5-4-8-13-6-2-1-3-7-13/h1-3,6-7,10-11H,4-5,8-9H2. The number of carbonyl (C=O) groups excluding carboxylic acids is 1. The monoisotopic (exact) mass is 409 g/mol. The largest absolute Gasteiger partial charge is 0.491 e. The molecule has 0 aliphatic rings. The smallest absolute Gasteiger partial charge is 0.233 e. The van der Waals surface area contributed by atoms with Gasteiger partial charge in [-0.3, -0.25) is 4.79 Å². The van der Waals surface area contributed by atoms with Crippen molar-refractivity contribution in [1.82, 2.24) is 0 Å². The van der Waals surface area contributed by atoms with E-state index in [0.717, 1.165) is 34.0 Å². The summed E-state index contributed by atoms with van der Waals surface area (Å²) in [6.45, 7) is 0.647. The lowest BCUT2D eigenvalue weighted by atomic mass is 10.1. The summed E-state index contributed by atoms with van der Waals surface area (Å²) in [7, 11) is 0. The maximum atomic E-state index is 10.6. The number of rotatable bonds is 7. The maximum absolute atomic E-state index is 10.6. The van der Waals surface area contributed by atoms with Crippen molar-refractivity contribution in [2.24, 2.45) is 0 Å². The summed E-state index contributed by atoms with van der Waals surface area (Å²) < 4.78 is 7.31. The highest BCUT2D eigenvalue weighted by molar-refractivity contribution is 9.11.